The van der Waals surface area contributed by atoms with E-state index in [0.29, 0.717) is 5.56 Å². The summed E-state index contributed by atoms with van der Waals surface area (Å²) in [6, 6.07) is 8.42. The smallest absolute Gasteiger partial charge is 0.339 e. The Bertz CT molecular complexity index is 743. The van der Waals surface area contributed by atoms with Gasteiger partial charge in [-0.3, -0.25) is 4.79 Å². The first kappa shape index (κ1) is 16.8. The SMILES string of the molecule is COc1ccc(CNC(=O)c2c(F)cccc2Cl)cc1C(=O)O. The van der Waals surface area contributed by atoms with Crippen molar-refractivity contribution in [2.45, 2.75) is 6.54 Å². The molecule has 23 heavy (non-hydrogen) atoms. The third kappa shape index (κ3) is 3.78. The van der Waals surface area contributed by atoms with Gasteiger partial charge in [0, 0.05) is 6.54 Å². The first-order valence-corrected chi connectivity index (χ1v) is 6.94. The van der Waals surface area contributed by atoms with Crippen molar-refractivity contribution in [2.75, 3.05) is 7.11 Å². The Morgan fingerprint density at radius 1 is 1.30 bits per heavy atom. The number of nitrogens with one attached hydrogen (secondary N) is 1. The molecule has 0 aliphatic heterocycles. The van der Waals surface area contributed by atoms with Gasteiger partial charge in [0.1, 0.15) is 17.1 Å². The molecule has 1 amide bonds. The summed E-state index contributed by atoms with van der Waals surface area (Å²) < 4.78 is 18.6. The minimum Gasteiger partial charge on any atom is -0.496 e. The van der Waals surface area contributed by atoms with Gasteiger partial charge < -0.3 is 15.2 Å². The molecule has 2 N–H and O–H groups in total. The van der Waals surface area contributed by atoms with Gasteiger partial charge in [0.15, 0.2) is 0 Å². The molecule has 5 nitrogen and oxygen atoms in total. The summed E-state index contributed by atoms with van der Waals surface area (Å²) in [7, 11) is 1.36. The molecule has 0 atom stereocenters. The molecular formula is C16H13ClFNO4. The first-order valence-electron chi connectivity index (χ1n) is 6.56. The summed E-state index contributed by atoms with van der Waals surface area (Å²) in [4.78, 5) is 23.2. The van der Waals surface area contributed by atoms with Crippen molar-refractivity contribution in [1.29, 1.82) is 0 Å². The molecule has 0 heterocycles. The number of ether oxygens (including phenoxy) is 1. The molecule has 0 aliphatic rings. The van der Waals surface area contributed by atoms with Crippen LogP contribution in [0.15, 0.2) is 36.4 Å². The van der Waals surface area contributed by atoms with E-state index in [1.165, 1.54) is 31.4 Å². The lowest BCUT2D eigenvalue weighted by Crippen LogP contribution is -2.24. The average Bonchev–Trinajstić information content (AvgIpc) is 2.52. The van der Waals surface area contributed by atoms with Crippen LogP contribution in [0.1, 0.15) is 26.3 Å². The predicted octanol–water partition coefficient (Wildman–Crippen LogP) is 3.12. The van der Waals surface area contributed by atoms with Gasteiger partial charge >= 0.3 is 5.97 Å². The third-order valence-electron chi connectivity index (χ3n) is 3.14. The zero-order chi connectivity index (χ0) is 17.0. The number of carboxylic acids is 1. The number of rotatable bonds is 5. The highest BCUT2D eigenvalue weighted by atomic mass is 35.5. The van der Waals surface area contributed by atoms with E-state index in [2.05, 4.69) is 5.32 Å². The first-order chi connectivity index (χ1) is 10.9. The van der Waals surface area contributed by atoms with Crippen LogP contribution in [-0.4, -0.2) is 24.1 Å². The highest BCUT2D eigenvalue weighted by Crippen LogP contribution is 2.21. The van der Waals surface area contributed by atoms with Gasteiger partial charge in [-0.2, -0.15) is 0 Å². The van der Waals surface area contributed by atoms with E-state index in [0.717, 1.165) is 6.07 Å². The van der Waals surface area contributed by atoms with E-state index in [9.17, 15) is 14.0 Å². The van der Waals surface area contributed by atoms with Gasteiger partial charge in [-0.15, -0.1) is 0 Å². The van der Waals surface area contributed by atoms with Crippen LogP contribution >= 0.6 is 11.6 Å². The summed E-state index contributed by atoms with van der Waals surface area (Å²) in [5.74, 6) is -2.34. The molecule has 2 rings (SSSR count). The van der Waals surface area contributed by atoms with E-state index in [4.69, 9.17) is 21.4 Å². The van der Waals surface area contributed by atoms with Crippen LogP contribution in [0.3, 0.4) is 0 Å². The molecule has 0 saturated carbocycles. The average molecular weight is 338 g/mol. The topological polar surface area (TPSA) is 75.6 Å². The maximum Gasteiger partial charge on any atom is 0.339 e. The molecule has 0 radical (unpaired) electrons. The molecule has 0 unspecified atom stereocenters. The van der Waals surface area contributed by atoms with Gasteiger partial charge in [0.2, 0.25) is 0 Å². The quantitative estimate of drug-likeness (QED) is 0.879. The van der Waals surface area contributed by atoms with Crippen molar-refractivity contribution in [3.63, 3.8) is 0 Å². The Morgan fingerprint density at radius 3 is 2.65 bits per heavy atom. The molecule has 0 spiro atoms. The molecule has 120 valence electrons. The molecule has 0 bridgehead atoms. The van der Waals surface area contributed by atoms with E-state index < -0.39 is 17.7 Å². The summed E-state index contributed by atoms with van der Waals surface area (Å²) in [6.45, 7) is 0.0216. The van der Waals surface area contributed by atoms with Crippen molar-refractivity contribution >= 4 is 23.5 Å². The third-order valence-corrected chi connectivity index (χ3v) is 3.45. The lowest BCUT2D eigenvalue weighted by Gasteiger charge is -2.10. The second kappa shape index (κ2) is 7.11. The summed E-state index contributed by atoms with van der Waals surface area (Å²) in [5, 5.41) is 11.6. The van der Waals surface area contributed by atoms with Gasteiger partial charge in [-0.25, -0.2) is 9.18 Å². The number of carboxylic acid groups (broad SMARTS) is 1. The van der Waals surface area contributed by atoms with Gasteiger partial charge in [-0.1, -0.05) is 23.7 Å². The van der Waals surface area contributed by atoms with Gasteiger partial charge in [0.05, 0.1) is 17.7 Å². The van der Waals surface area contributed by atoms with Crippen LogP contribution in [0.2, 0.25) is 5.02 Å². The van der Waals surface area contributed by atoms with Crippen molar-refractivity contribution in [3.05, 3.63) is 63.9 Å². The number of halogens is 2. The highest BCUT2D eigenvalue weighted by molar-refractivity contribution is 6.33. The number of hydrogen-bond acceptors (Lipinski definition) is 3. The van der Waals surface area contributed by atoms with Crippen LogP contribution in [0.25, 0.3) is 0 Å². The molecular weight excluding hydrogens is 325 g/mol. The van der Waals surface area contributed by atoms with E-state index >= 15 is 0 Å². The molecule has 0 aromatic heterocycles. The van der Waals surface area contributed by atoms with Gasteiger partial charge in [-0.05, 0) is 29.8 Å². The zero-order valence-corrected chi connectivity index (χ0v) is 12.9. The van der Waals surface area contributed by atoms with Crippen LogP contribution in [0.5, 0.6) is 5.75 Å². The number of benzene rings is 2. The molecule has 0 fully saturated rings. The number of amides is 1. The fraction of sp³-hybridized carbons (Fsp3) is 0.125. The Kier molecular flexibility index (Phi) is 5.18. The van der Waals surface area contributed by atoms with Crippen molar-refractivity contribution in [3.8, 4) is 5.75 Å². The fourth-order valence-corrected chi connectivity index (χ4v) is 2.27. The predicted molar refractivity (Wildman–Crippen MR) is 82.5 cm³/mol. The lowest BCUT2D eigenvalue weighted by molar-refractivity contribution is 0.0693. The highest BCUT2D eigenvalue weighted by Gasteiger charge is 2.16. The fourth-order valence-electron chi connectivity index (χ4n) is 2.02. The number of methoxy groups -OCH3 is 1. The molecule has 0 aliphatic carbocycles. The molecule has 7 heteroatoms. The van der Waals surface area contributed by atoms with E-state index in [1.807, 2.05) is 0 Å². The summed E-state index contributed by atoms with van der Waals surface area (Å²) in [5.41, 5.74) is 0.258. The lowest BCUT2D eigenvalue weighted by atomic mass is 10.1. The van der Waals surface area contributed by atoms with Crippen molar-refractivity contribution in [2.24, 2.45) is 0 Å². The van der Waals surface area contributed by atoms with E-state index in [-0.39, 0.29) is 28.4 Å². The summed E-state index contributed by atoms with van der Waals surface area (Å²) in [6.07, 6.45) is 0. The van der Waals surface area contributed by atoms with Crippen molar-refractivity contribution in [1.82, 2.24) is 5.32 Å². The maximum absolute atomic E-state index is 13.7. The van der Waals surface area contributed by atoms with Crippen LogP contribution < -0.4 is 10.1 Å². The standard InChI is InChI=1S/C16H13ClFNO4/c1-23-13-6-5-9(7-10(13)16(21)22)8-19-15(20)14-11(17)3-2-4-12(14)18/h2-7H,8H2,1H3,(H,19,20)(H,21,22). The minimum atomic E-state index is -1.15. The number of carbonyl (C=O) groups excluding carboxylic acids is 1. The second-order valence-electron chi connectivity index (χ2n) is 4.62. The number of hydrogen-bond donors (Lipinski definition) is 2. The Morgan fingerprint density at radius 2 is 2.04 bits per heavy atom. The Labute approximate surface area is 136 Å². The normalized spacial score (nSPS) is 10.2. The maximum atomic E-state index is 13.7. The van der Waals surface area contributed by atoms with Crippen LogP contribution in [-0.2, 0) is 6.54 Å². The number of aromatic carboxylic acids is 1. The molecule has 2 aromatic rings. The zero-order valence-electron chi connectivity index (χ0n) is 12.1. The molecule has 2 aromatic carbocycles. The largest absolute Gasteiger partial charge is 0.496 e. The van der Waals surface area contributed by atoms with Crippen molar-refractivity contribution < 1.29 is 23.8 Å². The molecule has 0 saturated heterocycles. The monoisotopic (exact) mass is 337 g/mol. The number of carbonyl (C=O) groups is 2. The minimum absolute atomic E-state index is 0.00320. The Hall–Kier alpha value is -2.60. The Balaban J connectivity index is 2.16. The van der Waals surface area contributed by atoms with E-state index in [1.54, 1.807) is 6.07 Å². The second-order valence-corrected chi connectivity index (χ2v) is 5.03. The van der Waals surface area contributed by atoms with Crippen LogP contribution in [0, 0.1) is 5.82 Å². The van der Waals surface area contributed by atoms with Gasteiger partial charge in [0.25, 0.3) is 5.91 Å². The summed E-state index contributed by atoms with van der Waals surface area (Å²) >= 11 is 5.82. The van der Waals surface area contributed by atoms with Crippen LogP contribution in [0.4, 0.5) is 4.39 Å².